The summed E-state index contributed by atoms with van der Waals surface area (Å²) in [5.41, 5.74) is 1.28. The van der Waals surface area contributed by atoms with Gasteiger partial charge in [0.2, 0.25) is 0 Å². The summed E-state index contributed by atoms with van der Waals surface area (Å²) in [5.74, 6) is 1.80. The average Bonchev–Trinajstić information content (AvgIpc) is 2.36. The minimum absolute atomic E-state index is 0.395. The number of hydrogen-bond donors (Lipinski definition) is 1. The Bertz CT molecular complexity index is 336. The lowest BCUT2D eigenvalue weighted by molar-refractivity contribution is 0.330. The third-order valence-electron chi connectivity index (χ3n) is 3.22. The van der Waals surface area contributed by atoms with Gasteiger partial charge in [-0.1, -0.05) is 44.9 Å². The first-order valence-electron chi connectivity index (χ1n) is 7.08. The highest BCUT2D eigenvalue weighted by atomic mass is 16.5. The van der Waals surface area contributed by atoms with E-state index in [1.54, 1.807) is 0 Å². The summed E-state index contributed by atoms with van der Waals surface area (Å²) in [5, 5.41) is 3.41. The molecule has 0 aliphatic carbocycles. The lowest BCUT2D eigenvalue weighted by Gasteiger charge is -2.20. The van der Waals surface area contributed by atoms with Crippen LogP contribution in [-0.2, 0) is 0 Å². The van der Waals surface area contributed by atoms with Crippen LogP contribution in [-0.4, -0.2) is 13.7 Å². The lowest BCUT2D eigenvalue weighted by atomic mass is 9.97. The van der Waals surface area contributed by atoms with Gasteiger partial charge in [-0.3, -0.25) is 0 Å². The maximum atomic E-state index is 5.71. The van der Waals surface area contributed by atoms with Crippen LogP contribution in [0.3, 0.4) is 0 Å². The highest BCUT2D eigenvalue weighted by Crippen LogP contribution is 2.28. The van der Waals surface area contributed by atoms with Gasteiger partial charge >= 0.3 is 0 Å². The van der Waals surface area contributed by atoms with Crippen molar-refractivity contribution in [1.29, 1.82) is 0 Å². The van der Waals surface area contributed by atoms with Gasteiger partial charge < -0.3 is 10.1 Å². The Hall–Kier alpha value is -1.02. The molecule has 0 fully saturated rings. The van der Waals surface area contributed by atoms with E-state index in [1.165, 1.54) is 24.8 Å². The van der Waals surface area contributed by atoms with Gasteiger partial charge in [-0.2, -0.15) is 0 Å². The summed E-state index contributed by atoms with van der Waals surface area (Å²) in [6, 6.07) is 8.75. The van der Waals surface area contributed by atoms with E-state index in [0.717, 1.165) is 18.3 Å². The van der Waals surface area contributed by atoms with Crippen molar-refractivity contribution in [3.05, 3.63) is 29.8 Å². The van der Waals surface area contributed by atoms with E-state index in [-0.39, 0.29) is 0 Å². The lowest BCUT2D eigenvalue weighted by Crippen LogP contribution is -2.17. The molecule has 0 bridgehead atoms. The summed E-state index contributed by atoms with van der Waals surface area (Å²) in [7, 11) is 2.03. The molecule has 1 aromatic carbocycles. The van der Waals surface area contributed by atoms with Crippen molar-refractivity contribution in [2.75, 3.05) is 13.7 Å². The highest BCUT2D eigenvalue weighted by Gasteiger charge is 2.13. The summed E-state index contributed by atoms with van der Waals surface area (Å²) >= 11 is 0. The second kappa shape index (κ2) is 8.15. The molecule has 0 aliphatic rings. The van der Waals surface area contributed by atoms with Crippen molar-refractivity contribution in [3.8, 4) is 5.75 Å². The maximum absolute atomic E-state index is 5.71. The molecule has 2 nitrogen and oxygen atoms in total. The Labute approximate surface area is 112 Å². The molecule has 0 radical (unpaired) electrons. The van der Waals surface area contributed by atoms with Crippen LogP contribution in [0.15, 0.2) is 24.3 Å². The van der Waals surface area contributed by atoms with Crippen LogP contribution in [0, 0.1) is 5.92 Å². The van der Waals surface area contributed by atoms with Crippen molar-refractivity contribution >= 4 is 0 Å². The zero-order chi connectivity index (χ0) is 13.4. The number of hydrogen-bond acceptors (Lipinski definition) is 2. The number of benzene rings is 1. The predicted molar refractivity (Wildman–Crippen MR) is 78.1 cm³/mol. The van der Waals surface area contributed by atoms with Crippen molar-refractivity contribution in [3.63, 3.8) is 0 Å². The summed E-state index contributed by atoms with van der Waals surface area (Å²) in [4.78, 5) is 0. The van der Waals surface area contributed by atoms with Gasteiger partial charge in [0.05, 0.1) is 6.61 Å². The normalized spacial score (nSPS) is 12.7. The molecule has 18 heavy (non-hydrogen) atoms. The Kier molecular flexibility index (Phi) is 6.81. The van der Waals surface area contributed by atoms with E-state index in [4.69, 9.17) is 4.74 Å². The molecule has 1 rings (SSSR count). The molecular formula is C16H27NO. The fourth-order valence-electron chi connectivity index (χ4n) is 2.24. The minimum atomic E-state index is 0.395. The van der Waals surface area contributed by atoms with E-state index in [1.807, 2.05) is 20.0 Å². The van der Waals surface area contributed by atoms with Crippen molar-refractivity contribution in [2.45, 2.75) is 46.1 Å². The van der Waals surface area contributed by atoms with Crippen LogP contribution in [0.5, 0.6) is 5.75 Å². The van der Waals surface area contributed by atoms with E-state index in [2.05, 4.69) is 37.4 Å². The molecule has 0 saturated carbocycles. The van der Waals surface area contributed by atoms with E-state index >= 15 is 0 Å². The molecule has 1 atom stereocenters. The van der Waals surface area contributed by atoms with Gasteiger partial charge in [-0.15, -0.1) is 0 Å². The van der Waals surface area contributed by atoms with Crippen LogP contribution in [0.4, 0.5) is 0 Å². The molecule has 1 unspecified atom stereocenters. The molecule has 1 N–H and O–H groups in total. The Morgan fingerprint density at radius 1 is 1.17 bits per heavy atom. The third-order valence-corrected chi connectivity index (χ3v) is 3.22. The third kappa shape index (κ3) is 4.69. The second-order valence-electron chi connectivity index (χ2n) is 5.14. The Balaban J connectivity index is 2.68. The quantitative estimate of drug-likeness (QED) is 0.746. The predicted octanol–water partition coefficient (Wildman–Crippen LogP) is 4.17. The Morgan fingerprint density at radius 3 is 2.50 bits per heavy atom. The minimum Gasteiger partial charge on any atom is -0.494 e. The van der Waals surface area contributed by atoms with Crippen molar-refractivity contribution in [1.82, 2.24) is 5.32 Å². The zero-order valence-electron chi connectivity index (χ0n) is 12.2. The number of ether oxygens (including phenoxy) is 1. The summed E-state index contributed by atoms with van der Waals surface area (Å²) in [6.07, 6.45) is 3.71. The fraction of sp³-hybridized carbons (Fsp3) is 0.625. The van der Waals surface area contributed by atoms with Crippen LogP contribution in [0.2, 0.25) is 0 Å². The van der Waals surface area contributed by atoms with Gasteiger partial charge in [0, 0.05) is 11.6 Å². The van der Waals surface area contributed by atoms with Gasteiger partial charge in [0.15, 0.2) is 0 Å². The largest absolute Gasteiger partial charge is 0.494 e. The SMILES string of the molecule is CCOc1ccccc1C(CCCC(C)C)NC. The van der Waals surface area contributed by atoms with Crippen LogP contribution in [0.1, 0.15) is 51.6 Å². The van der Waals surface area contributed by atoms with E-state index < -0.39 is 0 Å². The van der Waals surface area contributed by atoms with Crippen molar-refractivity contribution < 1.29 is 4.74 Å². The molecule has 0 aromatic heterocycles. The highest BCUT2D eigenvalue weighted by molar-refractivity contribution is 5.35. The maximum Gasteiger partial charge on any atom is 0.124 e. The standard InChI is InChI=1S/C16H27NO/c1-5-18-16-12-7-6-10-14(16)15(17-4)11-8-9-13(2)3/h6-7,10,12-13,15,17H,5,8-9,11H2,1-4H3. The van der Waals surface area contributed by atoms with Crippen LogP contribution >= 0.6 is 0 Å². The fourth-order valence-corrected chi connectivity index (χ4v) is 2.24. The van der Waals surface area contributed by atoms with Crippen LogP contribution < -0.4 is 10.1 Å². The molecule has 0 aliphatic heterocycles. The molecule has 0 saturated heterocycles. The number of para-hydroxylation sites is 1. The molecule has 2 heteroatoms. The summed E-state index contributed by atoms with van der Waals surface area (Å²) < 4.78 is 5.71. The molecule has 102 valence electrons. The second-order valence-corrected chi connectivity index (χ2v) is 5.14. The first-order valence-corrected chi connectivity index (χ1v) is 7.08. The zero-order valence-corrected chi connectivity index (χ0v) is 12.2. The van der Waals surface area contributed by atoms with Gasteiger partial charge in [0.1, 0.15) is 5.75 Å². The molecule has 0 heterocycles. The molecule has 0 spiro atoms. The first-order chi connectivity index (χ1) is 8.69. The number of rotatable bonds is 8. The monoisotopic (exact) mass is 249 g/mol. The van der Waals surface area contributed by atoms with Crippen molar-refractivity contribution in [2.24, 2.45) is 5.92 Å². The smallest absolute Gasteiger partial charge is 0.124 e. The molecular weight excluding hydrogens is 222 g/mol. The Morgan fingerprint density at radius 2 is 1.89 bits per heavy atom. The number of nitrogens with one attached hydrogen (secondary N) is 1. The summed E-state index contributed by atoms with van der Waals surface area (Å²) in [6.45, 7) is 7.31. The van der Waals surface area contributed by atoms with Crippen LogP contribution in [0.25, 0.3) is 0 Å². The first kappa shape index (κ1) is 15.0. The topological polar surface area (TPSA) is 21.3 Å². The van der Waals surface area contributed by atoms with Gasteiger partial charge in [-0.25, -0.2) is 0 Å². The van der Waals surface area contributed by atoms with E-state index in [0.29, 0.717) is 6.04 Å². The average molecular weight is 249 g/mol. The van der Waals surface area contributed by atoms with Gasteiger partial charge in [-0.05, 0) is 32.4 Å². The van der Waals surface area contributed by atoms with E-state index in [9.17, 15) is 0 Å². The van der Waals surface area contributed by atoms with Gasteiger partial charge in [0.25, 0.3) is 0 Å². The molecule has 1 aromatic rings. The molecule has 0 amide bonds.